The Labute approximate surface area is 161 Å². The van der Waals surface area contributed by atoms with Crippen molar-refractivity contribution in [1.82, 2.24) is 10.3 Å². The maximum absolute atomic E-state index is 13.2. The summed E-state index contributed by atoms with van der Waals surface area (Å²) in [5, 5.41) is 5.86. The van der Waals surface area contributed by atoms with Gasteiger partial charge in [0.05, 0.1) is 15.8 Å². The van der Waals surface area contributed by atoms with E-state index in [9.17, 15) is 14.0 Å². The predicted octanol–water partition coefficient (Wildman–Crippen LogP) is 4.26. The number of nitrogens with zero attached hydrogens (tertiary/aromatic N) is 1. The van der Waals surface area contributed by atoms with Crippen LogP contribution in [-0.4, -0.2) is 23.3 Å². The molecular weight excluding hydrogens is 421 g/mol. The molecule has 8 heteroatoms. The van der Waals surface area contributed by atoms with E-state index >= 15 is 0 Å². The van der Waals surface area contributed by atoms with Crippen molar-refractivity contribution in [3.8, 4) is 0 Å². The summed E-state index contributed by atoms with van der Waals surface area (Å²) >= 11 is 4.61. The summed E-state index contributed by atoms with van der Waals surface area (Å²) < 4.78 is 14.7. The minimum atomic E-state index is -0.498. The van der Waals surface area contributed by atoms with E-state index in [1.807, 2.05) is 25.1 Å². The number of carbonyl (C=O) groups excluding carboxylic acids is 2. The Bertz CT molecular complexity index is 990. The van der Waals surface area contributed by atoms with E-state index in [4.69, 9.17) is 0 Å². The lowest BCUT2D eigenvalue weighted by Crippen LogP contribution is -2.28. The summed E-state index contributed by atoms with van der Waals surface area (Å²) in [6.07, 6.45) is 0.0909. The number of amides is 2. The molecule has 1 heterocycles. The molecule has 2 amide bonds. The van der Waals surface area contributed by atoms with Crippen LogP contribution in [-0.2, 0) is 4.79 Å². The second-order valence-corrected chi connectivity index (χ2v) is 7.55. The molecule has 0 saturated heterocycles. The third-order valence-corrected chi connectivity index (χ3v) is 5.23. The van der Waals surface area contributed by atoms with Crippen LogP contribution in [0.2, 0.25) is 0 Å². The van der Waals surface area contributed by atoms with E-state index in [-0.39, 0.29) is 24.4 Å². The van der Waals surface area contributed by atoms with Crippen molar-refractivity contribution in [2.45, 2.75) is 13.3 Å². The van der Waals surface area contributed by atoms with Crippen molar-refractivity contribution in [3.63, 3.8) is 0 Å². The first-order valence-electron chi connectivity index (χ1n) is 7.82. The van der Waals surface area contributed by atoms with Crippen LogP contribution in [0.15, 0.2) is 40.9 Å². The van der Waals surface area contributed by atoms with Crippen LogP contribution in [0, 0.1) is 12.7 Å². The number of aromatic nitrogens is 1. The molecule has 0 aliphatic heterocycles. The Kier molecular flexibility index (Phi) is 5.63. The number of anilines is 1. The van der Waals surface area contributed by atoms with Crippen LogP contribution in [0.4, 0.5) is 9.52 Å². The highest BCUT2D eigenvalue weighted by Gasteiger charge is 2.12. The molecule has 0 radical (unpaired) electrons. The lowest BCUT2D eigenvalue weighted by molar-refractivity contribution is -0.116. The molecule has 0 fully saturated rings. The molecule has 3 rings (SSSR count). The van der Waals surface area contributed by atoms with E-state index in [2.05, 4.69) is 31.5 Å². The number of rotatable bonds is 5. The van der Waals surface area contributed by atoms with Crippen LogP contribution in [0.5, 0.6) is 0 Å². The predicted molar refractivity (Wildman–Crippen MR) is 104 cm³/mol. The molecule has 2 N–H and O–H groups in total. The van der Waals surface area contributed by atoms with Gasteiger partial charge in [0.15, 0.2) is 5.13 Å². The number of halogens is 2. The Hall–Kier alpha value is -2.32. The Morgan fingerprint density at radius 3 is 2.85 bits per heavy atom. The number of benzene rings is 2. The Morgan fingerprint density at radius 2 is 2.04 bits per heavy atom. The smallest absolute Gasteiger partial charge is 0.252 e. The van der Waals surface area contributed by atoms with Gasteiger partial charge in [0, 0.05) is 17.4 Å². The number of hydrogen-bond acceptors (Lipinski definition) is 4. The maximum Gasteiger partial charge on any atom is 0.252 e. The number of thiazole rings is 1. The van der Waals surface area contributed by atoms with Crippen molar-refractivity contribution in [2.24, 2.45) is 0 Å². The zero-order chi connectivity index (χ0) is 18.7. The van der Waals surface area contributed by atoms with Gasteiger partial charge in [-0.3, -0.25) is 9.59 Å². The van der Waals surface area contributed by atoms with Crippen molar-refractivity contribution in [2.75, 3.05) is 11.9 Å². The van der Waals surface area contributed by atoms with E-state index in [0.29, 0.717) is 9.60 Å². The first kappa shape index (κ1) is 18.5. The third kappa shape index (κ3) is 4.44. The molecule has 0 bridgehead atoms. The van der Waals surface area contributed by atoms with E-state index in [0.717, 1.165) is 21.8 Å². The SMILES string of the molecule is Cc1ccc2nc(NC(=O)CCNC(=O)c3cc(F)ccc3Br)sc2c1. The minimum Gasteiger partial charge on any atom is -0.351 e. The second-order valence-electron chi connectivity index (χ2n) is 5.67. The molecule has 0 saturated carbocycles. The van der Waals surface area contributed by atoms with E-state index in [1.165, 1.54) is 23.5 Å². The third-order valence-electron chi connectivity index (χ3n) is 3.60. The van der Waals surface area contributed by atoms with Crippen LogP contribution < -0.4 is 10.6 Å². The number of fused-ring (bicyclic) bond motifs is 1. The van der Waals surface area contributed by atoms with Crippen molar-refractivity contribution in [3.05, 3.63) is 57.8 Å². The summed E-state index contributed by atoms with van der Waals surface area (Å²) in [4.78, 5) is 28.4. The number of nitrogens with one attached hydrogen (secondary N) is 2. The van der Waals surface area contributed by atoms with Gasteiger partial charge < -0.3 is 10.6 Å². The van der Waals surface area contributed by atoms with Crippen molar-refractivity contribution >= 4 is 54.4 Å². The summed E-state index contributed by atoms with van der Waals surface area (Å²) in [6, 6.07) is 9.75. The van der Waals surface area contributed by atoms with E-state index < -0.39 is 11.7 Å². The molecule has 2 aromatic carbocycles. The topological polar surface area (TPSA) is 71.1 Å². The van der Waals surface area contributed by atoms with Gasteiger partial charge in [0.2, 0.25) is 5.91 Å². The van der Waals surface area contributed by atoms with Crippen LogP contribution in [0.3, 0.4) is 0 Å². The fourth-order valence-electron chi connectivity index (χ4n) is 2.32. The highest BCUT2D eigenvalue weighted by atomic mass is 79.9. The van der Waals surface area contributed by atoms with Crippen molar-refractivity contribution < 1.29 is 14.0 Å². The molecule has 0 aliphatic rings. The van der Waals surface area contributed by atoms with Gasteiger partial charge in [-0.2, -0.15) is 0 Å². The standard InChI is InChI=1S/C18H15BrFN3O2S/c1-10-2-5-14-15(8-10)26-18(22-14)23-16(24)6-7-21-17(25)12-9-11(20)3-4-13(12)19/h2-5,8-9H,6-7H2,1H3,(H,21,25)(H,22,23,24). The first-order valence-corrected chi connectivity index (χ1v) is 9.43. The molecule has 5 nitrogen and oxygen atoms in total. The van der Waals surface area contributed by atoms with Gasteiger partial charge in [-0.05, 0) is 58.7 Å². The van der Waals surface area contributed by atoms with Crippen LogP contribution in [0.1, 0.15) is 22.3 Å². The van der Waals surface area contributed by atoms with Crippen LogP contribution in [0.25, 0.3) is 10.2 Å². The molecule has 1 aromatic heterocycles. The number of hydrogen-bond donors (Lipinski definition) is 2. The van der Waals surface area contributed by atoms with Gasteiger partial charge in [-0.15, -0.1) is 0 Å². The number of aryl methyl sites for hydroxylation is 1. The quantitative estimate of drug-likeness (QED) is 0.628. The summed E-state index contributed by atoms with van der Waals surface area (Å²) in [7, 11) is 0. The molecule has 3 aromatic rings. The summed E-state index contributed by atoms with van der Waals surface area (Å²) in [5.74, 6) is -1.19. The molecule has 0 atom stereocenters. The van der Waals surface area contributed by atoms with E-state index in [1.54, 1.807) is 0 Å². The first-order chi connectivity index (χ1) is 12.4. The second kappa shape index (κ2) is 7.92. The van der Waals surface area contributed by atoms with Crippen molar-refractivity contribution in [1.29, 1.82) is 0 Å². The number of carbonyl (C=O) groups is 2. The minimum absolute atomic E-state index is 0.0909. The van der Waals surface area contributed by atoms with Gasteiger partial charge in [0.25, 0.3) is 5.91 Å². The zero-order valence-corrected chi connectivity index (χ0v) is 16.2. The molecule has 26 heavy (non-hydrogen) atoms. The molecule has 0 spiro atoms. The monoisotopic (exact) mass is 435 g/mol. The molecule has 0 unspecified atom stereocenters. The Morgan fingerprint density at radius 1 is 1.23 bits per heavy atom. The van der Waals surface area contributed by atoms with Gasteiger partial charge in [0.1, 0.15) is 5.82 Å². The molecule has 0 aliphatic carbocycles. The molecule has 134 valence electrons. The fourth-order valence-corrected chi connectivity index (χ4v) is 3.73. The largest absolute Gasteiger partial charge is 0.351 e. The van der Waals surface area contributed by atoms with Gasteiger partial charge in [-0.1, -0.05) is 17.4 Å². The van der Waals surface area contributed by atoms with Crippen LogP contribution >= 0.6 is 27.3 Å². The summed E-state index contributed by atoms with van der Waals surface area (Å²) in [5.41, 5.74) is 2.15. The average Bonchev–Trinajstić information content (AvgIpc) is 2.98. The highest BCUT2D eigenvalue weighted by molar-refractivity contribution is 9.10. The lowest BCUT2D eigenvalue weighted by atomic mass is 10.2. The fraction of sp³-hybridized carbons (Fsp3) is 0.167. The van der Waals surface area contributed by atoms with Gasteiger partial charge >= 0.3 is 0 Å². The Balaban J connectivity index is 1.53. The highest BCUT2D eigenvalue weighted by Crippen LogP contribution is 2.26. The normalized spacial score (nSPS) is 10.7. The van der Waals surface area contributed by atoms with Gasteiger partial charge in [-0.25, -0.2) is 9.37 Å². The maximum atomic E-state index is 13.2. The summed E-state index contributed by atoms with van der Waals surface area (Å²) in [6.45, 7) is 2.13. The zero-order valence-electron chi connectivity index (χ0n) is 13.8. The average molecular weight is 436 g/mol. The lowest BCUT2D eigenvalue weighted by Gasteiger charge is -2.07. The molecular formula is C18H15BrFN3O2S.